The molecular weight excluding hydrogens is 332 g/mol. The number of piperidine rings is 1. The molecular formula is C19H20N4OS. The van der Waals surface area contributed by atoms with E-state index in [0.29, 0.717) is 4.91 Å². The molecule has 1 fully saturated rings. The van der Waals surface area contributed by atoms with E-state index < -0.39 is 0 Å². The zero-order chi connectivity index (χ0) is 17.1. The average molecular weight is 352 g/mol. The SMILES string of the molecule is O=C1N=C(N2CCCCC2)S/C1=C\c1cnn(Cc2ccccc2)c1. The van der Waals surface area contributed by atoms with E-state index in [-0.39, 0.29) is 5.91 Å². The third-order valence-corrected chi connectivity index (χ3v) is 5.42. The first-order valence-electron chi connectivity index (χ1n) is 8.62. The molecule has 2 aliphatic heterocycles. The van der Waals surface area contributed by atoms with Gasteiger partial charge in [-0.15, -0.1) is 0 Å². The van der Waals surface area contributed by atoms with Gasteiger partial charge in [0.2, 0.25) is 0 Å². The van der Waals surface area contributed by atoms with Crippen LogP contribution in [0.25, 0.3) is 6.08 Å². The average Bonchev–Trinajstić information content (AvgIpc) is 3.24. The molecule has 1 aromatic heterocycles. The lowest BCUT2D eigenvalue weighted by atomic mass is 10.1. The van der Waals surface area contributed by atoms with Crippen molar-refractivity contribution in [1.82, 2.24) is 14.7 Å². The molecule has 2 aliphatic rings. The molecule has 1 saturated heterocycles. The number of nitrogens with zero attached hydrogens (tertiary/aromatic N) is 4. The highest BCUT2D eigenvalue weighted by molar-refractivity contribution is 8.18. The molecule has 3 heterocycles. The van der Waals surface area contributed by atoms with Gasteiger partial charge >= 0.3 is 0 Å². The van der Waals surface area contributed by atoms with E-state index >= 15 is 0 Å². The Morgan fingerprint density at radius 1 is 1.12 bits per heavy atom. The molecule has 0 unspecified atom stereocenters. The van der Waals surface area contributed by atoms with Gasteiger partial charge in [0, 0.05) is 24.8 Å². The number of hydrogen-bond donors (Lipinski definition) is 0. The zero-order valence-electron chi connectivity index (χ0n) is 14.0. The van der Waals surface area contributed by atoms with Gasteiger partial charge in [-0.3, -0.25) is 9.48 Å². The predicted octanol–water partition coefficient (Wildman–Crippen LogP) is 3.39. The predicted molar refractivity (Wildman–Crippen MR) is 101 cm³/mol. The van der Waals surface area contributed by atoms with Crippen molar-refractivity contribution in [2.45, 2.75) is 25.8 Å². The second kappa shape index (κ2) is 7.27. The summed E-state index contributed by atoms with van der Waals surface area (Å²) in [6.07, 6.45) is 9.28. The largest absolute Gasteiger partial charge is 0.351 e. The molecule has 0 saturated carbocycles. The summed E-state index contributed by atoms with van der Waals surface area (Å²) in [5, 5.41) is 5.25. The maximum absolute atomic E-state index is 12.2. The van der Waals surface area contributed by atoms with Crippen molar-refractivity contribution in [3.05, 3.63) is 58.8 Å². The van der Waals surface area contributed by atoms with Crippen molar-refractivity contribution in [3.63, 3.8) is 0 Å². The molecule has 6 heteroatoms. The van der Waals surface area contributed by atoms with Crippen molar-refractivity contribution in [3.8, 4) is 0 Å². The molecule has 0 radical (unpaired) electrons. The van der Waals surface area contributed by atoms with Crippen LogP contribution in [0.1, 0.15) is 30.4 Å². The van der Waals surface area contributed by atoms with Gasteiger partial charge in [-0.1, -0.05) is 30.3 Å². The number of aliphatic imine (C=N–C) groups is 1. The third-order valence-electron chi connectivity index (χ3n) is 4.37. The summed E-state index contributed by atoms with van der Waals surface area (Å²) in [5.74, 6) is -0.138. The number of aromatic nitrogens is 2. The number of benzene rings is 1. The van der Waals surface area contributed by atoms with Crippen LogP contribution in [0.3, 0.4) is 0 Å². The van der Waals surface area contributed by atoms with E-state index in [2.05, 4.69) is 27.1 Å². The first-order valence-corrected chi connectivity index (χ1v) is 9.43. The van der Waals surface area contributed by atoms with Gasteiger partial charge in [0.15, 0.2) is 5.17 Å². The van der Waals surface area contributed by atoms with E-state index in [0.717, 1.165) is 30.4 Å². The quantitative estimate of drug-likeness (QED) is 0.795. The molecule has 2 aromatic rings. The molecule has 1 aromatic carbocycles. The van der Waals surface area contributed by atoms with Gasteiger partial charge < -0.3 is 4.90 Å². The molecule has 0 atom stereocenters. The topological polar surface area (TPSA) is 50.5 Å². The van der Waals surface area contributed by atoms with Gasteiger partial charge in [-0.05, 0) is 42.7 Å². The Labute approximate surface area is 151 Å². The highest BCUT2D eigenvalue weighted by Crippen LogP contribution is 2.31. The fraction of sp³-hybridized carbons (Fsp3) is 0.316. The smallest absolute Gasteiger partial charge is 0.286 e. The summed E-state index contributed by atoms with van der Waals surface area (Å²) in [7, 11) is 0. The van der Waals surface area contributed by atoms with Crippen molar-refractivity contribution in [2.75, 3.05) is 13.1 Å². The second-order valence-corrected chi connectivity index (χ2v) is 7.32. The Bertz CT molecular complexity index is 819. The highest BCUT2D eigenvalue weighted by atomic mass is 32.2. The first kappa shape index (κ1) is 16.1. The van der Waals surface area contributed by atoms with Crippen LogP contribution in [0.5, 0.6) is 0 Å². The number of amides is 1. The van der Waals surface area contributed by atoms with E-state index in [9.17, 15) is 4.79 Å². The minimum Gasteiger partial charge on any atom is -0.351 e. The molecule has 25 heavy (non-hydrogen) atoms. The van der Waals surface area contributed by atoms with Crippen molar-refractivity contribution < 1.29 is 4.79 Å². The Hall–Kier alpha value is -2.34. The van der Waals surface area contributed by atoms with Gasteiger partial charge in [0.1, 0.15) is 0 Å². The van der Waals surface area contributed by atoms with E-state index in [4.69, 9.17) is 0 Å². The van der Waals surface area contributed by atoms with Crippen LogP contribution < -0.4 is 0 Å². The number of carbonyl (C=O) groups is 1. The summed E-state index contributed by atoms with van der Waals surface area (Å²) in [6, 6.07) is 10.2. The van der Waals surface area contributed by atoms with Crippen molar-refractivity contribution in [1.29, 1.82) is 0 Å². The second-order valence-electron chi connectivity index (χ2n) is 6.31. The molecule has 0 bridgehead atoms. The van der Waals surface area contributed by atoms with E-state index in [1.807, 2.05) is 35.2 Å². The zero-order valence-corrected chi connectivity index (χ0v) is 14.8. The normalized spacial score (nSPS) is 19.5. The van der Waals surface area contributed by atoms with Crippen molar-refractivity contribution in [2.24, 2.45) is 4.99 Å². The number of hydrogen-bond acceptors (Lipinski definition) is 4. The Kier molecular flexibility index (Phi) is 4.70. The monoisotopic (exact) mass is 352 g/mol. The molecule has 128 valence electrons. The number of thioether (sulfide) groups is 1. The van der Waals surface area contributed by atoms with E-state index in [1.165, 1.54) is 36.6 Å². The summed E-state index contributed by atoms with van der Waals surface area (Å²) >= 11 is 1.48. The molecule has 0 spiro atoms. The fourth-order valence-corrected chi connectivity index (χ4v) is 4.05. The minimum absolute atomic E-state index is 0.138. The molecule has 0 N–H and O–H groups in total. The van der Waals surface area contributed by atoms with Crippen LogP contribution in [-0.4, -0.2) is 38.8 Å². The van der Waals surface area contributed by atoms with Crippen LogP contribution in [0.15, 0.2) is 52.6 Å². The van der Waals surface area contributed by atoms with Gasteiger partial charge in [-0.25, -0.2) is 0 Å². The Morgan fingerprint density at radius 3 is 2.72 bits per heavy atom. The van der Waals surface area contributed by atoms with Gasteiger partial charge in [0.25, 0.3) is 5.91 Å². The maximum Gasteiger partial charge on any atom is 0.286 e. The molecule has 4 rings (SSSR count). The van der Waals surface area contributed by atoms with Crippen molar-refractivity contribution >= 4 is 28.9 Å². The summed E-state index contributed by atoms with van der Waals surface area (Å²) in [4.78, 5) is 19.3. The number of likely N-dealkylation sites (tertiary alicyclic amines) is 1. The molecule has 1 amide bonds. The van der Waals surface area contributed by atoms with Gasteiger partial charge in [-0.2, -0.15) is 10.1 Å². The molecule has 0 aliphatic carbocycles. The van der Waals surface area contributed by atoms with Crippen LogP contribution >= 0.6 is 11.8 Å². The lowest BCUT2D eigenvalue weighted by molar-refractivity contribution is -0.113. The number of amidine groups is 1. The highest BCUT2D eigenvalue weighted by Gasteiger charge is 2.26. The van der Waals surface area contributed by atoms with Gasteiger partial charge in [0.05, 0.1) is 17.6 Å². The third kappa shape index (κ3) is 3.85. The van der Waals surface area contributed by atoms with E-state index in [1.54, 1.807) is 6.20 Å². The minimum atomic E-state index is -0.138. The number of carbonyl (C=O) groups excluding carboxylic acids is 1. The van der Waals surface area contributed by atoms with Crippen LogP contribution in [0, 0.1) is 0 Å². The summed E-state index contributed by atoms with van der Waals surface area (Å²) in [6.45, 7) is 2.73. The molecule has 5 nitrogen and oxygen atoms in total. The lowest BCUT2D eigenvalue weighted by Gasteiger charge is -2.27. The van der Waals surface area contributed by atoms with Crippen LogP contribution in [-0.2, 0) is 11.3 Å². The Morgan fingerprint density at radius 2 is 1.92 bits per heavy atom. The van der Waals surface area contributed by atoms with Crippen LogP contribution in [0.4, 0.5) is 0 Å². The Balaban J connectivity index is 1.44. The first-order chi connectivity index (χ1) is 12.3. The van der Waals surface area contributed by atoms with Crippen LogP contribution in [0.2, 0.25) is 0 Å². The maximum atomic E-state index is 12.2. The standard InChI is InChI=1S/C19H20N4OS/c24-18-17(25-19(21-18)22-9-5-2-6-10-22)11-16-12-20-23(14-16)13-15-7-3-1-4-8-15/h1,3-4,7-8,11-12,14H,2,5-6,9-10,13H2/b17-11-. The summed E-state index contributed by atoms with van der Waals surface area (Å²) < 4.78 is 1.89. The summed E-state index contributed by atoms with van der Waals surface area (Å²) in [5.41, 5.74) is 2.13. The number of rotatable bonds is 3. The fourth-order valence-electron chi connectivity index (χ4n) is 3.08. The lowest BCUT2D eigenvalue weighted by Crippen LogP contribution is -2.33.